The van der Waals surface area contributed by atoms with E-state index in [9.17, 15) is 9.90 Å². The van der Waals surface area contributed by atoms with Crippen LogP contribution in [0.3, 0.4) is 0 Å². The summed E-state index contributed by atoms with van der Waals surface area (Å²) in [6.07, 6.45) is 4.90. The van der Waals surface area contributed by atoms with Gasteiger partial charge in [0.15, 0.2) is 0 Å². The van der Waals surface area contributed by atoms with Crippen molar-refractivity contribution in [2.45, 2.75) is 45.6 Å². The lowest BCUT2D eigenvalue weighted by Gasteiger charge is -2.40. The van der Waals surface area contributed by atoms with E-state index >= 15 is 0 Å². The molecular formula is C15H27NO3. The van der Waals surface area contributed by atoms with Crippen molar-refractivity contribution in [3.8, 4) is 0 Å². The Hall–Kier alpha value is -0.870. The maximum Gasteiger partial charge on any atom is 0.251 e. The molecule has 4 heteroatoms. The van der Waals surface area contributed by atoms with Gasteiger partial charge in [-0.05, 0) is 38.0 Å². The van der Waals surface area contributed by atoms with Gasteiger partial charge in [-0.3, -0.25) is 4.79 Å². The number of carbonyl (C=O) groups excluding carboxylic acids is 1. The second-order valence-electron chi connectivity index (χ2n) is 5.43. The van der Waals surface area contributed by atoms with Crippen LogP contribution in [-0.2, 0) is 9.53 Å². The number of nitrogens with zero attached hydrogens (tertiary/aromatic N) is 1. The molecule has 0 aromatic carbocycles. The summed E-state index contributed by atoms with van der Waals surface area (Å²) in [4.78, 5) is 14.1. The SMILES string of the molecule is C=CCCOC(C)C(=O)N1CCC(CC)(CO)CC1. The van der Waals surface area contributed by atoms with Crippen LogP contribution >= 0.6 is 0 Å². The van der Waals surface area contributed by atoms with Gasteiger partial charge in [-0.2, -0.15) is 0 Å². The predicted octanol–water partition coefficient (Wildman–Crippen LogP) is 1.98. The number of ether oxygens (including phenoxy) is 1. The number of rotatable bonds is 7. The van der Waals surface area contributed by atoms with Gasteiger partial charge in [0.2, 0.25) is 0 Å². The van der Waals surface area contributed by atoms with Crippen molar-refractivity contribution in [3.63, 3.8) is 0 Å². The Labute approximate surface area is 116 Å². The molecule has 0 radical (unpaired) electrons. The Kier molecular flexibility index (Phi) is 6.52. The van der Waals surface area contributed by atoms with E-state index in [1.165, 1.54) is 0 Å². The van der Waals surface area contributed by atoms with Gasteiger partial charge in [0, 0.05) is 19.7 Å². The lowest BCUT2D eigenvalue weighted by Crippen LogP contribution is -2.47. The van der Waals surface area contributed by atoms with Crippen LogP contribution in [0.5, 0.6) is 0 Å². The first kappa shape index (κ1) is 16.2. The topological polar surface area (TPSA) is 49.8 Å². The summed E-state index contributed by atoms with van der Waals surface area (Å²) in [7, 11) is 0. The zero-order valence-corrected chi connectivity index (χ0v) is 12.2. The van der Waals surface area contributed by atoms with Crippen molar-refractivity contribution in [3.05, 3.63) is 12.7 Å². The van der Waals surface area contributed by atoms with E-state index < -0.39 is 0 Å². The Morgan fingerprint density at radius 2 is 2.16 bits per heavy atom. The van der Waals surface area contributed by atoms with Crippen molar-refractivity contribution >= 4 is 5.91 Å². The van der Waals surface area contributed by atoms with Gasteiger partial charge in [-0.25, -0.2) is 0 Å². The van der Waals surface area contributed by atoms with Gasteiger partial charge in [-0.1, -0.05) is 13.0 Å². The number of piperidine rings is 1. The smallest absolute Gasteiger partial charge is 0.251 e. The van der Waals surface area contributed by atoms with Crippen molar-refractivity contribution < 1.29 is 14.6 Å². The summed E-state index contributed by atoms with van der Waals surface area (Å²) in [6.45, 7) is 9.75. The van der Waals surface area contributed by atoms with Crippen LogP contribution in [0.2, 0.25) is 0 Å². The summed E-state index contributed by atoms with van der Waals surface area (Å²) < 4.78 is 5.49. The first-order valence-corrected chi connectivity index (χ1v) is 7.20. The molecule has 4 nitrogen and oxygen atoms in total. The lowest BCUT2D eigenvalue weighted by atomic mass is 9.77. The quantitative estimate of drug-likeness (QED) is 0.568. The van der Waals surface area contributed by atoms with Crippen molar-refractivity contribution in [2.24, 2.45) is 5.41 Å². The van der Waals surface area contributed by atoms with Crippen LogP contribution in [0.25, 0.3) is 0 Å². The van der Waals surface area contributed by atoms with Crippen LogP contribution in [0.4, 0.5) is 0 Å². The molecule has 1 saturated heterocycles. The molecule has 110 valence electrons. The lowest BCUT2D eigenvalue weighted by molar-refractivity contribution is -0.145. The number of aliphatic hydroxyl groups excluding tert-OH is 1. The Bertz CT molecular complexity index is 290. The molecule has 1 heterocycles. The van der Waals surface area contributed by atoms with E-state index in [1.54, 1.807) is 13.0 Å². The molecule has 1 N–H and O–H groups in total. The van der Waals surface area contributed by atoms with Gasteiger partial charge >= 0.3 is 0 Å². The van der Waals surface area contributed by atoms with Crippen LogP contribution in [0.15, 0.2) is 12.7 Å². The highest BCUT2D eigenvalue weighted by atomic mass is 16.5. The highest BCUT2D eigenvalue weighted by molar-refractivity contribution is 5.80. The summed E-state index contributed by atoms with van der Waals surface area (Å²) in [5.74, 6) is 0.0618. The van der Waals surface area contributed by atoms with Gasteiger partial charge in [0.25, 0.3) is 5.91 Å². The third kappa shape index (κ3) is 4.32. The fraction of sp³-hybridized carbons (Fsp3) is 0.800. The molecule has 1 rings (SSSR count). The van der Waals surface area contributed by atoms with Gasteiger partial charge in [-0.15, -0.1) is 6.58 Å². The zero-order chi connectivity index (χ0) is 14.3. The molecule has 1 aliphatic heterocycles. The number of hydrogen-bond acceptors (Lipinski definition) is 3. The van der Waals surface area contributed by atoms with Crippen molar-refractivity contribution in [1.29, 1.82) is 0 Å². The third-order valence-electron chi connectivity index (χ3n) is 4.26. The monoisotopic (exact) mass is 269 g/mol. The standard InChI is InChI=1S/C15H27NO3/c1-4-6-11-19-13(3)14(18)16-9-7-15(5-2,12-17)8-10-16/h4,13,17H,1,5-12H2,2-3H3. The van der Waals surface area contributed by atoms with E-state index in [4.69, 9.17) is 4.74 Å². The number of carbonyl (C=O) groups is 1. The molecule has 0 aliphatic carbocycles. The number of likely N-dealkylation sites (tertiary alicyclic amines) is 1. The molecule has 1 fully saturated rings. The van der Waals surface area contributed by atoms with E-state index in [1.807, 2.05) is 4.90 Å². The van der Waals surface area contributed by atoms with E-state index in [0.717, 1.165) is 38.8 Å². The minimum absolute atomic E-state index is 0.0176. The molecule has 1 atom stereocenters. The van der Waals surface area contributed by atoms with Crippen LogP contribution in [0, 0.1) is 5.41 Å². The highest BCUT2D eigenvalue weighted by Crippen LogP contribution is 2.34. The highest BCUT2D eigenvalue weighted by Gasteiger charge is 2.34. The molecule has 1 unspecified atom stereocenters. The van der Waals surface area contributed by atoms with Crippen LogP contribution in [-0.4, -0.2) is 48.3 Å². The summed E-state index contributed by atoms with van der Waals surface area (Å²) in [5.41, 5.74) is 0.0176. The molecule has 0 spiro atoms. The molecule has 0 bridgehead atoms. The molecule has 1 amide bonds. The molecule has 19 heavy (non-hydrogen) atoms. The second-order valence-corrected chi connectivity index (χ2v) is 5.43. The van der Waals surface area contributed by atoms with E-state index in [2.05, 4.69) is 13.5 Å². The van der Waals surface area contributed by atoms with Crippen molar-refractivity contribution in [1.82, 2.24) is 4.90 Å². The summed E-state index contributed by atoms with van der Waals surface area (Å²) in [5, 5.41) is 9.48. The molecule has 0 saturated carbocycles. The molecule has 1 aliphatic rings. The third-order valence-corrected chi connectivity index (χ3v) is 4.26. The average Bonchev–Trinajstić information content (AvgIpc) is 2.46. The predicted molar refractivity (Wildman–Crippen MR) is 75.9 cm³/mol. The van der Waals surface area contributed by atoms with Gasteiger partial charge in [0.05, 0.1) is 6.61 Å². The fourth-order valence-electron chi connectivity index (χ4n) is 2.48. The summed E-state index contributed by atoms with van der Waals surface area (Å²) >= 11 is 0. The van der Waals surface area contributed by atoms with Gasteiger partial charge < -0.3 is 14.7 Å². The second kappa shape index (κ2) is 7.65. The molecular weight excluding hydrogens is 242 g/mol. The first-order chi connectivity index (χ1) is 9.08. The maximum atomic E-state index is 12.2. The van der Waals surface area contributed by atoms with E-state index in [0.29, 0.717) is 6.61 Å². The molecule has 0 aromatic rings. The Morgan fingerprint density at radius 3 is 2.63 bits per heavy atom. The Morgan fingerprint density at radius 1 is 1.53 bits per heavy atom. The molecule has 0 aromatic heterocycles. The first-order valence-electron chi connectivity index (χ1n) is 7.20. The van der Waals surface area contributed by atoms with E-state index in [-0.39, 0.29) is 24.0 Å². The minimum atomic E-state index is -0.386. The van der Waals surface area contributed by atoms with Crippen molar-refractivity contribution in [2.75, 3.05) is 26.3 Å². The zero-order valence-electron chi connectivity index (χ0n) is 12.2. The largest absolute Gasteiger partial charge is 0.396 e. The number of amides is 1. The normalized spacial score (nSPS) is 20.1. The van der Waals surface area contributed by atoms with Crippen LogP contribution < -0.4 is 0 Å². The van der Waals surface area contributed by atoms with Crippen LogP contribution in [0.1, 0.15) is 39.5 Å². The average molecular weight is 269 g/mol. The fourth-order valence-corrected chi connectivity index (χ4v) is 2.48. The summed E-state index contributed by atoms with van der Waals surface area (Å²) in [6, 6.07) is 0. The number of hydrogen-bond donors (Lipinski definition) is 1. The minimum Gasteiger partial charge on any atom is -0.396 e. The maximum absolute atomic E-state index is 12.2. The van der Waals surface area contributed by atoms with Gasteiger partial charge in [0.1, 0.15) is 6.10 Å². The Balaban J connectivity index is 2.41. The number of aliphatic hydroxyl groups is 1.